The van der Waals surface area contributed by atoms with E-state index >= 15 is 0 Å². The standard InChI is InChI=1S/C24H24FN7O2/c1-14-19(25)6-5-16-12-18(15(2)29-22-17-4-3-7-26-21(17)27-13-28-22)23(30-20(14)16)31-8-10-32(11-9-31)24(33)34/h3-7,12-13,15H,8-11H2,1-2H3,(H,33,34)(H,26,27,28,29)/t15-/m0/s1. The lowest BCUT2D eigenvalue weighted by Crippen LogP contribution is -2.49. The van der Waals surface area contributed by atoms with Crippen LogP contribution in [0.4, 0.5) is 20.8 Å². The smallest absolute Gasteiger partial charge is 0.407 e. The van der Waals surface area contributed by atoms with E-state index < -0.39 is 6.09 Å². The van der Waals surface area contributed by atoms with Gasteiger partial charge in [0.25, 0.3) is 0 Å². The zero-order valence-electron chi connectivity index (χ0n) is 18.9. The fourth-order valence-electron chi connectivity index (χ4n) is 4.34. The summed E-state index contributed by atoms with van der Waals surface area (Å²) in [5, 5.41) is 14.4. The second kappa shape index (κ2) is 8.69. The van der Waals surface area contributed by atoms with Gasteiger partial charge in [0.15, 0.2) is 5.65 Å². The SMILES string of the molecule is Cc1c(F)ccc2cc([C@H](C)Nc3ncnc4ncccc34)c(N3CCN(C(=O)O)CC3)nc12. The molecule has 0 aliphatic carbocycles. The molecule has 1 fully saturated rings. The largest absolute Gasteiger partial charge is 0.465 e. The van der Waals surface area contributed by atoms with Crippen LogP contribution in [0.3, 0.4) is 0 Å². The van der Waals surface area contributed by atoms with E-state index in [0.717, 1.165) is 16.3 Å². The van der Waals surface area contributed by atoms with Gasteiger partial charge < -0.3 is 20.2 Å². The van der Waals surface area contributed by atoms with Crippen LogP contribution in [0.2, 0.25) is 0 Å². The van der Waals surface area contributed by atoms with Crippen LogP contribution >= 0.6 is 0 Å². The number of aromatic nitrogens is 4. The Bertz CT molecular complexity index is 1380. The van der Waals surface area contributed by atoms with E-state index in [1.54, 1.807) is 19.2 Å². The first kappa shape index (κ1) is 21.7. The van der Waals surface area contributed by atoms with E-state index in [0.29, 0.717) is 54.5 Å². The zero-order chi connectivity index (χ0) is 23.8. The highest BCUT2D eigenvalue weighted by atomic mass is 19.1. The lowest BCUT2D eigenvalue weighted by atomic mass is 10.0. The molecule has 1 aliphatic heterocycles. The molecule has 4 aromatic rings. The predicted octanol–water partition coefficient (Wildman–Crippen LogP) is 3.99. The fourth-order valence-corrected chi connectivity index (χ4v) is 4.34. The summed E-state index contributed by atoms with van der Waals surface area (Å²) in [6, 6.07) is 8.76. The lowest BCUT2D eigenvalue weighted by molar-refractivity contribution is 0.142. The molecule has 1 saturated heterocycles. The van der Waals surface area contributed by atoms with E-state index in [4.69, 9.17) is 4.98 Å². The van der Waals surface area contributed by atoms with Crippen molar-refractivity contribution in [2.75, 3.05) is 36.4 Å². The Hall–Kier alpha value is -4.08. The fraction of sp³-hybridized carbons (Fsp3) is 0.292. The summed E-state index contributed by atoms with van der Waals surface area (Å²) in [7, 11) is 0. The Morgan fingerprint density at radius 3 is 2.71 bits per heavy atom. The number of hydrogen-bond acceptors (Lipinski definition) is 7. The lowest BCUT2D eigenvalue weighted by Gasteiger charge is -2.35. The van der Waals surface area contributed by atoms with Gasteiger partial charge in [-0.1, -0.05) is 0 Å². The van der Waals surface area contributed by atoms with Crippen LogP contribution in [0.25, 0.3) is 21.9 Å². The van der Waals surface area contributed by atoms with Crippen LogP contribution in [0.15, 0.2) is 42.9 Å². The van der Waals surface area contributed by atoms with E-state index in [2.05, 4.69) is 25.2 Å². The number of amides is 1. The first-order chi connectivity index (χ1) is 16.4. The molecule has 4 heterocycles. The van der Waals surface area contributed by atoms with E-state index in [-0.39, 0.29) is 11.9 Å². The monoisotopic (exact) mass is 461 g/mol. The van der Waals surface area contributed by atoms with Crippen LogP contribution in [0, 0.1) is 12.7 Å². The molecule has 1 atom stereocenters. The summed E-state index contributed by atoms with van der Waals surface area (Å²) in [6.07, 6.45) is 2.23. The van der Waals surface area contributed by atoms with Gasteiger partial charge in [0, 0.05) is 48.9 Å². The Balaban J connectivity index is 1.56. The molecule has 0 unspecified atom stereocenters. The van der Waals surface area contributed by atoms with Crippen molar-refractivity contribution >= 4 is 39.7 Å². The highest BCUT2D eigenvalue weighted by molar-refractivity contribution is 5.87. The van der Waals surface area contributed by atoms with Crippen molar-refractivity contribution in [1.29, 1.82) is 0 Å². The normalized spacial score (nSPS) is 15.0. The molecule has 34 heavy (non-hydrogen) atoms. The molecule has 2 N–H and O–H groups in total. The van der Waals surface area contributed by atoms with Gasteiger partial charge in [-0.05, 0) is 44.2 Å². The van der Waals surface area contributed by atoms with Crippen LogP contribution in [-0.4, -0.2) is 62.2 Å². The Kier molecular flexibility index (Phi) is 5.56. The molecule has 5 rings (SSSR count). The number of hydrogen-bond donors (Lipinski definition) is 2. The minimum atomic E-state index is -0.927. The van der Waals surface area contributed by atoms with Crippen LogP contribution in [0.5, 0.6) is 0 Å². The molecule has 1 aliphatic rings. The van der Waals surface area contributed by atoms with Crippen molar-refractivity contribution in [1.82, 2.24) is 24.8 Å². The maximum atomic E-state index is 14.3. The van der Waals surface area contributed by atoms with Gasteiger partial charge in [-0.3, -0.25) is 0 Å². The number of fused-ring (bicyclic) bond motifs is 2. The zero-order valence-corrected chi connectivity index (χ0v) is 18.9. The average molecular weight is 462 g/mol. The number of carboxylic acid groups (broad SMARTS) is 1. The van der Waals surface area contributed by atoms with Crippen molar-refractivity contribution in [3.8, 4) is 0 Å². The van der Waals surface area contributed by atoms with Crippen molar-refractivity contribution < 1.29 is 14.3 Å². The molecule has 3 aromatic heterocycles. The van der Waals surface area contributed by atoms with Crippen molar-refractivity contribution in [3.63, 3.8) is 0 Å². The maximum absolute atomic E-state index is 14.3. The first-order valence-corrected chi connectivity index (χ1v) is 11.1. The van der Waals surface area contributed by atoms with E-state index in [9.17, 15) is 14.3 Å². The number of anilines is 2. The van der Waals surface area contributed by atoms with Gasteiger partial charge in [-0.25, -0.2) is 29.1 Å². The maximum Gasteiger partial charge on any atom is 0.407 e. The first-order valence-electron chi connectivity index (χ1n) is 11.1. The van der Waals surface area contributed by atoms with Crippen LogP contribution in [0.1, 0.15) is 24.1 Å². The Morgan fingerprint density at radius 1 is 1.15 bits per heavy atom. The summed E-state index contributed by atoms with van der Waals surface area (Å²) in [4.78, 5) is 32.6. The predicted molar refractivity (Wildman–Crippen MR) is 128 cm³/mol. The van der Waals surface area contributed by atoms with Gasteiger partial charge in [0.05, 0.1) is 16.9 Å². The summed E-state index contributed by atoms with van der Waals surface area (Å²) in [6.45, 7) is 5.48. The number of halogens is 1. The number of piperazine rings is 1. The van der Waals surface area contributed by atoms with E-state index in [1.165, 1.54) is 17.3 Å². The van der Waals surface area contributed by atoms with Crippen LogP contribution < -0.4 is 10.2 Å². The third-order valence-corrected chi connectivity index (χ3v) is 6.26. The van der Waals surface area contributed by atoms with Gasteiger partial charge in [-0.15, -0.1) is 0 Å². The van der Waals surface area contributed by atoms with Crippen molar-refractivity contribution in [2.24, 2.45) is 0 Å². The number of pyridine rings is 2. The summed E-state index contributed by atoms with van der Waals surface area (Å²) in [5.41, 5.74) is 2.60. The molecule has 0 spiro atoms. The molecule has 0 bridgehead atoms. The molecule has 1 amide bonds. The molecule has 0 saturated carbocycles. The topological polar surface area (TPSA) is 107 Å². The molecule has 10 heteroatoms. The second-order valence-electron chi connectivity index (χ2n) is 8.36. The number of aryl methyl sites for hydroxylation is 1. The third kappa shape index (κ3) is 3.91. The number of nitrogens with zero attached hydrogens (tertiary/aromatic N) is 6. The van der Waals surface area contributed by atoms with E-state index in [1.807, 2.05) is 25.1 Å². The van der Waals surface area contributed by atoms with Gasteiger partial charge in [0.1, 0.15) is 23.8 Å². The Labute approximate surface area is 195 Å². The summed E-state index contributed by atoms with van der Waals surface area (Å²) >= 11 is 0. The minimum absolute atomic E-state index is 0.201. The number of nitrogens with one attached hydrogen (secondary N) is 1. The average Bonchev–Trinajstić information content (AvgIpc) is 2.86. The van der Waals surface area contributed by atoms with Crippen molar-refractivity contribution in [2.45, 2.75) is 19.9 Å². The third-order valence-electron chi connectivity index (χ3n) is 6.26. The highest BCUT2D eigenvalue weighted by Gasteiger charge is 2.26. The van der Waals surface area contributed by atoms with Crippen molar-refractivity contribution in [3.05, 3.63) is 59.8 Å². The molecular formula is C24H24FN7O2. The molecule has 0 radical (unpaired) electrons. The number of benzene rings is 1. The van der Waals surface area contributed by atoms with Gasteiger partial charge in [-0.2, -0.15) is 0 Å². The Morgan fingerprint density at radius 2 is 1.94 bits per heavy atom. The number of rotatable bonds is 4. The molecular weight excluding hydrogens is 437 g/mol. The summed E-state index contributed by atoms with van der Waals surface area (Å²) in [5.74, 6) is 1.06. The quantitative estimate of drug-likeness (QED) is 0.470. The number of carbonyl (C=O) groups is 1. The second-order valence-corrected chi connectivity index (χ2v) is 8.36. The highest BCUT2D eigenvalue weighted by Crippen LogP contribution is 2.33. The van der Waals surface area contributed by atoms with Gasteiger partial charge in [0.2, 0.25) is 0 Å². The summed E-state index contributed by atoms with van der Waals surface area (Å²) < 4.78 is 14.3. The van der Waals surface area contributed by atoms with Gasteiger partial charge >= 0.3 is 6.09 Å². The molecule has 9 nitrogen and oxygen atoms in total. The molecule has 1 aromatic carbocycles. The van der Waals surface area contributed by atoms with Crippen LogP contribution in [-0.2, 0) is 0 Å². The minimum Gasteiger partial charge on any atom is -0.465 e. The molecule has 174 valence electrons.